The van der Waals surface area contributed by atoms with Crippen molar-refractivity contribution in [3.05, 3.63) is 63.5 Å². The summed E-state index contributed by atoms with van der Waals surface area (Å²) in [5.74, 6) is 0. The molecule has 0 atom stereocenters. The minimum atomic E-state index is 0.507. The number of nitrogens with zero attached hydrogens (tertiary/aromatic N) is 1. The van der Waals surface area contributed by atoms with Crippen molar-refractivity contribution in [3.63, 3.8) is 0 Å². The van der Waals surface area contributed by atoms with Crippen molar-refractivity contribution in [2.75, 3.05) is 0 Å². The number of nitrogens with one attached hydrogen (secondary N) is 1. The topological polar surface area (TPSA) is 28.7 Å². The molecule has 0 saturated heterocycles. The highest BCUT2D eigenvalue weighted by molar-refractivity contribution is 9.10. The highest BCUT2D eigenvalue weighted by Crippen LogP contribution is 2.21. The van der Waals surface area contributed by atoms with E-state index in [4.69, 9.17) is 11.6 Å². The molecule has 0 amide bonds. The third-order valence-electron chi connectivity index (χ3n) is 2.81. The van der Waals surface area contributed by atoms with Crippen LogP contribution < -0.4 is 0 Å². The molecule has 0 bridgehead atoms. The van der Waals surface area contributed by atoms with Crippen LogP contribution in [0.25, 0.3) is 23.1 Å². The largest absolute Gasteiger partial charge is 0.355 e. The van der Waals surface area contributed by atoms with Crippen LogP contribution in [0.4, 0.5) is 0 Å². The van der Waals surface area contributed by atoms with E-state index in [1.807, 2.05) is 24.3 Å². The number of rotatable bonds is 2. The Morgan fingerprint density at radius 2 is 2.00 bits per heavy atom. The van der Waals surface area contributed by atoms with Crippen LogP contribution in [-0.4, -0.2) is 9.97 Å². The second kappa shape index (κ2) is 5.19. The number of aromatic amines is 1. The van der Waals surface area contributed by atoms with Gasteiger partial charge in [0.2, 0.25) is 0 Å². The van der Waals surface area contributed by atoms with E-state index >= 15 is 0 Å². The Balaban J connectivity index is 1.90. The zero-order chi connectivity index (χ0) is 13.2. The molecule has 19 heavy (non-hydrogen) atoms. The molecule has 0 fully saturated rings. The summed E-state index contributed by atoms with van der Waals surface area (Å²) in [6, 6.07) is 12.0. The summed E-state index contributed by atoms with van der Waals surface area (Å²) in [5.41, 5.74) is 3.19. The van der Waals surface area contributed by atoms with Crippen LogP contribution in [0, 0.1) is 0 Å². The first-order valence-corrected chi connectivity index (χ1v) is 6.96. The van der Waals surface area contributed by atoms with E-state index in [1.165, 1.54) is 5.39 Å². The number of H-pyrrole nitrogens is 1. The molecular formula is C15H10BrClN2. The summed E-state index contributed by atoms with van der Waals surface area (Å²) in [7, 11) is 0. The maximum absolute atomic E-state index is 5.75. The fourth-order valence-electron chi connectivity index (χ4n) is 1.88. The summed E-state index contributed by atoms with van der Waals surface area (Å²) in [5, 5.41) is 1.70. The summed E-state index contributed by atoms with van der Waals surface area (Å²) in [6.07, 6.45) is 5.78. The van der Waals surface area contributed by atoms with Gasteiger partial charge in [0.15, 0.2) is 0 Å². The lowest BCUT2D eigenvalue weighted by Crippen LogP contribution is -1.76. The summed E-state index contributed by atoms with van der Waals surface area (Å²) >= 11 is 9.22. The lowest BCUT2D eigenvalue weighted by atomic mass is 10.2. The van der Waals surface area contributed by atoms with Crippen molar-refractivity contribution in [2.24, 2.45) is 0 Å². The molecule has 2 heterocycles. The van der Waals surface area contributed by atoms with Crippen LogP contribution >= 0.6 is 27.5 Å². The molecule has 3 aromatic rings. The Morgan fingerprint density at radius 3 is 2.79 bits per heavy atom. The van der Waals surface area contributed by atoms with Crippen molar-refractivity contribution < 1.29 is 0 Å². The molecule has 0 aliphatic rings. The molecule has 0 unspecified atom stereocenters. The van der Waals surface area contributed by atoms with E-state index in [0.29, 0.717) is 5.15 Å². The third kappa shape index (κ3) is 2.88. The lowest BCUT2D eigenvalue weighted by Gasteiger charge is -1.92. The predicted molar refractivity (Wildman–Crippen MR) is 84.2 cm³/mol. The fourth-order valence-corrected chi connectivity index (χ4v) is 2.36. The first-order chi connectivity index (χ1) is 9.20. The Bertz CT molecular complexity index is 744. The lowest BCUT2D eigenvalue weighted by molar-refractivity contribution is 1.32. The molecule has 3 rings (SSSR count). The van der Waals surface area contributed by atoms with Crippen molar-refractivity contribution in [1.29, 1.82) is 0 Å². The number of aromatic nitrogens is 2. The zero-order valence-corrected chi connectivity index (χ0v) is 12.2. The molecular weight excluding hydrogens is 324 g/mol. The average Bonchev–Trinajstić information content (AvgIpc) is 2.80. The molecule has 2 nitrogen and oxygen atoms in total. The number of pyridine rings is 1. The molecule has 0 aliphatic carbocycles. The monoisotopic (exact) mass is 332 g/mol. The van der Waals surface area contributed by atoms with E-state index < -0.39 is 0 Å². The molecule has 4 heteroatoms. The van der Waals surface area contributed by atoms with Crippen LogP contribution in [0.5, 0.6) is 0 Å². The standard InChI is InChI=1S/C15H10BrClN2/c16-12-4-3-11-7-13(19-14(11)8-12)5-1-10-2-6-15(17)18-9-10/h1-9,19H/b5-1+. The van der Waals surface area contributed by atoms with Crippen molar-refractivity contribution >= 4 is 50.6 Å². The van der Waals surface area contributed by atoms with E-state index in [9.17, 15) is 0 Å². The second-order valence-electron chi connectivity index (χ2n) is 4.20. The number of fused-ring (bicyclic) bond motifs is 1. The quantitative estimate of drug-likeness (QED) is 0.646. The van der Waals surface area contributed by atoms with E-state index in [-0.39, 0.29) is 0 Å². The minimum Gasteiger partial charge on any atom is -0.355 e. The van der Waals surface area contributed by atoms with Crippen molar-refractivity contribution in [3.8, 4) is 0 Å². The minimum absolute atomic E-state index is 0.507. The Kier molecular flexibility index (Phi) is 3.40. The van der Waals surface area contributed by atoms with Crippen molar-refractivity contribution in [2.45, 2.75) is 0 Å². The van der Waals surface area contributed by atoms with Gasteiger partial charge in [-0.05, 0) is 35.9 Å². The van der Waals surface area contributed by atoms with Gasteiger partial charge >= 0.3 is 0 Å². The van der Waals surface area contributed by atoms with Crippen LogP contribution in [0.3, 0.4) is 0 Å². The molecule has 2 aromatic heterocycles. The van der Waals surface area contributed by atoms with E-state index in [1.54, 1.807) is 12.3 Å². The second-order valence-corrected chi connectivity index (χ2v) is 5.51. The first-order valence-electron chi connectivity index (χ1n) is 5.79. The maximum Gasteiger partial charge on any atom is 0.129 e. The highest BCUT2D eigenvalue weighted by atomic mass is 79.9. The molecule has 1 aromatic carbocycles. The Labute approximate surface area is 124 Å². The van der Waals surface area contributed by atoms with Crippen LogP contribution in [0.2, 0.25) is 5.15 Å². The molecule has 0 spiro atoms. The van der Waals surface area contributed by atoms with Gasteiger partial charge in [-0.2, -0.15) is 0 Å². The van der Waals surface area contributed by atoms with Gasteiger partial charge in [0.1, 0.15) is 5.15 Å². The summed E-state index contributed by atoms with van der Waals surface area (Å²) in [6.45, 7) is 0. The molecule has 1 N–H and O–H groups in total. The van der Waals surface area contributed by atoms with Gasteiger partial charge in [-0.25, -0.2) is 4.98 Å². The van der Waals surface area contributed by atoms with Crippen LogP contribution in [-0.2, 0) is 0 Å². The number of benzene rings is 1. The van der Waals surface area contributed by atoms with Gasteiger partial charge in [0.05, 0.1) is 0 Å². The van der Waals surface area contributed by atoms with Gasteiger partial charge < -0.3 is 4.98 Å². The van der Waals surface area contributed by atoms with Gasteiger partial charge in [-0.1, -0.05) is 45.7 Å². The van der Waals surface area contributed by atoms with Gasteiger partial charge in [0, 0.05) is 27.3 Å². The number of halogens is 2. The Morgan fingerprint density at radius 1 is 1.11 bits per heavy atom. The smallest absolute Gasteiger partial charge is 0.129 e. The summed E-state index contributed by atoms with van der Waals surface area (Å²) < 4.78 is 1.07. The average molecular weight is 334 g/mol. The number of hydrogen-bond acceptors (Lipinski definition) is 1. The highest BCUT2D eigenvalue weighted by Gasteiger charge is 1.98. The molecule has 0 saturated carbocycles. The van der Waals surface area contributed by atoms with Crippen LogP contribution in [0.15, 0.2) is 47.1 Å². The zero-order valence-electron chi connectivity index (χ0n) is 9.90. The molecule has 0 radical (unpaired) electrons. The van der Waals surface area contributed by atoms with Crippen LogP contribution in [0.1, 0.15) is 11.3 Å². The maximum atomic E-state index is 5.75. The van der Waals surface area contributed by atoms with E-state index in [2.05, 4.69) is 44.1 Å². The Hall–Kier alpha value is -1.58. The summed E-state index contributed by atoms with van der Waals surface area (Å²) in [4.78, 5) is 7.40. The van der Waals surface area contributed by atoms with Gasteiger partial charge in [-0.15, -0.1) is 0 Å². The normalized spacial score (nSPS) is 11.5. The third-order valence-corrected chi connectivity index (χ3v) is 3.53. The predicted octanol–water partition coefficient (Wildman–Crippen LogP) is 5.15. The van der Waals surface area contributed by atoms with E-state index in [0.717, 1.165) is 21.2 Å². The molecule has 94 valence electrons. The van der Waals surface area contributed by atoms with Gasteiger partial charge in [-0.3, -0.25) is 0 Å². The SMILES string of the molecule is Clc1ccc(/C=C/c2cc3ccc(Br)cc3[nH]2)cn1. The van der Waals surface area contributed by atoms with Crippen molar-refractivity contribution in [1.82, 2.24) is 9.97 Å². The molecule has 0 aliphatic heterocycles. The number of hydrogen-bond donors (Lipinski definition) is 1. The first kappa shape index (κ1) is 12.5. The fraction of sp³-hybridized carbons (Fsp3) is 0. The van der Waals surface area contributed by atoms with Gasteiger partial charge in [0.25, 0.3) is 0 Å².